The van der Waals surface area contributed by atoms with Gasteiger partial charge in [-0.1, -0.05) is 17.7 Å². The van der Waals surface area contributed by atoms with Crippen LogP contribution >= 0.6 is 11.6 Å². The summed E-state index contributed by atoms with van der Waals surface area (Å²) < 4.78 is 27.9. The van der Waals surface area contributed by atoms with Crippen molar-refractivity contribution < 1.29 is 23.8 Å². The molecule has 5 nitrogen and oxygen atoms in total. The summed E-state index contributed by atoms with van der Waals surface area (Å²) in [5.41, 5.74) is -1.59. The second-order valence-electron chi connectivity index (χ2n) is 6.03. The van der Waals surface area contributed by atoms with Crippen molar-refractivity contribution in [2.24, 2.45) is 5.92 Å². The first-order valence-electron chi connectivity index (χ1n) is 7.90. The SMILES string of the molecule is O=C(O)NCCC[C@@](O)(c1ccc(F)c(Cl)c1F)[C@@H]1CCCNC1. The lowest BCUT2D eigenvalue weighted by Crippen LogP contribution is -2.45. The number of benzene rings is 1. The minimum Gasteiger partial charge on any atom is -0.465 e. The Morgan fingerprint density at radius 1 is 1.46 bits per heavy atom. The second kappa shape index (κ2) is 8.09. The molecule has 1 fully saturated rings. The van der Waals surface area contributed by atoms with E-state index in [9.17, 15) is 18.7 Å². The van der Waals surface area contributed by atoms with Gasteiger partial charge in [0.1, 0.15) is 10.8 Å². The summed E-state index contributed by atoms with van der Waals surface area (Å²) in [6, 6.07) is 2.26. The molecule has 0 unspecified atom stereocenters. The third kappa shape index (κ3) is 4.15. The van der Waals surface area contributed by atoms with Gasteiger partial charge in [0.05, 0.1) is 5.60 Å². The van der Waals surface area contributed by atoms with Gasteiger partial charge in [-0.25, -0.2) is 13.6 Å². The van der Waals surface area contributed by atoms with Crippen molar-refractivity contribution in [3.8, 4) is 0 Å². The van der Waals surface area contributed by atoms with E-state index in [4.69, 9.17) is 16.7 Å². The highest BCUT2D eigenvalue weighted by molar-refractivity contribution is 6.31. The molecule has 0 aliphatic carbocycles. The van der Waals surface area contributed by atoms with Gasteiger partial charge in [0.2, 0.25) is 0 Å². The Kier molecular flexibility index (Phi) is 6.37. The molecule has 1 amide bonds. The fourth-order valence-electron chi connectivity index (χ4n) is 3.23. The maximum absolute atomic E-state index is 14.5. The molecule has 24 heavy (non-hydrogen) atoms. The molecule has 1 aliphatic heterocycles. The fraction of sp³-hybridized carbons (Fsp3) is 0.562. The molecule has 0 saturated carbocycles. The van der Waals surface area contributed by atoms with Crippen molar-refractivity contribution >= 4 is 17.7 Å². The van der Waals surface area contributed by atoms with E-state index in [1.807, 2.05) is 0 Å². The number of piperidine rings is 1. The Hall–Kier alpha value is -1.44. The zero-order valence-electron chi connectivity index (χ0n) is 13.1. The molecule has 1 aliphatic rings. The van der Waals surface area contributed by atoms with E-state index in [-0.39, 0.29) is 24.4 Å². The summed E-state index contributed by atoms with van der Waals surface area (Å²) >= 11 is 5.66. The van der Waals surface area contributed by atoms with Gasteiger partial charge in [-0.2, -0.15) is 0 Å². The summed E-state index contributed by atoms with van der Waals surface area (Å²) in [5.74, 6) is -2.11. The van der Waals surface area contributed by atoms with Gasteiger partial charge in [-0.05, 0) is 38.3 Å². The summed E-state index contributed by atoms with van der Waals surface area (Å²) in [7, 11) is 0. The largest absolute Gasteiger partial charge is 0.465 e. The third-order valence-electron chi connectivity index (χ3n) is 4.48. The van der Waals surface area contributed by atoms with Crippen molar-refractivity contribution in [3.05, 3.63) is 34.4 Å². The summed E-state index contributed by atoms with van der Waals surface area (Å²) in [5, 5.41) is 24.6. The quantitative estimate of drug-likeness (QED) is 0.463. The smallest absolute Gasteiger partial charge is 0.404 e. The molecule has 1 aromatic carbocycles. The first-order chi connectivity index (χ1) is 11.4. The number of hydrogen-bond donors (Lipinski definition) is 4. The van der Waals surface area contributed by atoms with Gasteiger partial charge in [0.25, 0.3) is 0 Å². The average molecular weight is 363 g/mol. The monoisotopic (exact) mass is 362 g/mol. The highest BCUT2D eigenvalue weighted by atomic mass is 35.5. The fourth-order valence-corrected chi connectivity index (χ4v) is 3.40. The first-order valence-corrected chi connectivity index (χ1v) is 8.28. The number of rotatable bonds is 6. The molecule has 0 bridgehead atoms. The van der Waals surface area contributed by atoms with E-state index >= 15 is 0 Å². The second-order valence-corrected chi connectivity index (χ2v) is 6.40. The minimum absolute atomic E-state index is 0.0436. The van der Waals surface area contributed by atoms with Crippen LogP contribution in [0.1, 0.15) is 31.2 Å². The molecule has 134 valence electrons. The van der Waals surface area contributed by atoms with Crippen LogP contribution in [0.2, 0.25) is 5.02 Å². The van der Waals surface area contributed by atoms with Crippen molar-refractivity contribution in [1.29, 1.82) is 0 Å². The molecule has 0 aromatic heterocycles. The van der Waals surface area contributed by atoms with Crippen LogP contribution in [-0.4, -0.2) is 35.9 Å². The van der Waals surface area contributed by atoms with Crippen LogP contribution in [0.3, 0.4) is 0 Å². The van der Waals surface area contributed by atoms with Gasteiger partial charge in [-0.15, -0.1) is 0 Å². The lowest BCUT2D eigenvalue weighted by molar-refractivity contribution is -0.0448. The number of nitrogens with one attached hydrogen (secondary N) is 2. The Balaban J connectivity index is 2.28. The molecule has 0 spiro atoms. The van der Waals surface area contributed by atoms with Crippen molar-refractivity contribution in [2.45, 2.75) is 31.3 Å². The van der Waals surface area contributed by atoms with Gasteiger partial charge < -0.3 is 20.8 Å². The van der Waals surface area contributed by atoms with Gasteiger partial charge in [-0.3, -0.25) is 0 Å². The highest BCUT2D eigenvalue weighted by Crippen LogP contribution is 2.40. The van der Waals surface area contributed by atoms with E-state index in [1.165, 1.54) is 6.07 Å². The number of amides is 1. The Morgan fingerprint density at radius 2 is 2.21 bits per heavy atom. The first kappa shape index (κ1) is 18.9. The normalized spacial score (nSPS) is 20.4. The van der Waals surface area contributed by atoms with Crippen LogP contribution in [0.5, 0.6) is 0 Å². The van der Waals surface area contributed by atoms with E-state index in [0.29, 0.717) is 19.4 Å². The molecule has 1 aromatic rings. The molecular formula is C16H21ClF2N2O3. The standard InChI is InChI=1S/C16H21ClF2N2O3/c17-13-12(18)5-4-11(14(13)19)16(24,6-2-8-21-15(22)23)10-3-1-7-20-9-10/h4-5,10,20-21,24H,1-3,6-9H2,(H,22,23)/t10-,16+/m1/s1. The highest BCUT2D eigenvalue weighted by Gasteiger charge is 2.41. The predicted molar refractivity (Wildman–Crippen MR) is 86.1 cm³/mol. The zero-order chi connectivity index (χ0) is 17.7. The summed E-state index contributed by atoms with van der Waals surface area (Å²) in [4.78, 5) is 10.5. The van der Waals surface area contributed by atoms with Crippen LogP contribution in [-0.2, 0) is 5.60 Å². The number of aliphatic hydroxyl groups is 1. The van der Waals surface area contributed by atoms with E-state index < -0.39 is 28.4 Å². The molecule has 8 heteroatoms. The van der Waals surface area contributed by atoms with Crippen molar-refractivity contribution in [1.82, 2.24) is 10.6 Å². The van der Waals surface area contributed by atoms with E-state index in [0.717, 1.165) is 19.0 Å². The average Bonchev–Trinajstić information content (AvgIpc) is 2.57. The van der Waals surface area contributed by atoms with E-state index in [1.54, 1.807) is 0 Å². The maximum atomic E-state index is 14.5. The summed E-state index contributed by atoms with van der Waals surface area (Å²) in [6.45, 7) is 1.45. The van der Waals surface area contributed by atoms with Crippen molar-refractivity contribution in [3.63, 3.8) is 0 Å². The Morgan fingerprint density at radius 3 is 2.83 bits per heavy atom. The molecule has 1 heterocycles. The van der Waals surface area contributed by atoms with Crippen LogP contribution in [0.4, 0.5) is 13.6 Å². The van der Waals surface area contributed by atoms with Crippen molar-refractivity contribution in [2.75, 3.05) is 19.6 Å². The lowest BCUT2D eigenvalue weighted by atomic mass is 9.74. The lowest BCUT2D eigenvalue weighted by Gasteiger charge is -2.39. The third-order valence-corrected chi connectivity index (χ3v) is 4.83. The topological polar surface area (TPSA) is 81.6 Å². The van der Waals surface area contributed by atoms with Crippen LogP contribution in [0.25, 0.3) is 0 Å². The number of carbonyl (C=O) groups is 1. The Labute approximate surface area is 144 Å². The van der Waals surface area contributed by atoms with Gasteiger partial charge >= 0.3 is 6.09 Å². The molecule has 2 rings (SSSR count). The van der Waals surface area contributed by atoms with Gasteiger partial charge in [0.15, 0.2) is 5.82 Å². The minimum atomic E-state index is -1.55. The Bertz CT molecular complexity index is 597. The number of hydrogen-bond acceptors (Lipinski definition) is 3. The van der Waals surface area contributed by atoms with Gasteiger partial charge in [0, 0.05) is 24.6 Å². The number of carboxylic acid groups (broad SMARTS) is 1. The number of halogens is 3. The summed E-state index contributed by atoms with van der Waals surface area (Å²) in [6.07, 6.45) is 0.807. The van der Waals surface area contributed by atoms with Crippen LogP contribution in [0.15, 0.2) is 12.1 Å². The maximum Gasteiger partial charge on any atom is 0.404 e. The van der Waals surface area contributed by atoms with Crippen LogP contribution < -0.4 is 10.6 Å². The zero-order valence-corrected chi connectivity index (χ0v) is 13.9. The molecular weight excluding hydrogens is 342 g/mol. The van der Waals surface area contributed by atoms with Crippen LogP contribution in [0, 0.1) is 17.6 Å². The molecule has 0 radical (unpaired) electrons. The molecule has 4 N–H and O–H groups in total. The predicted octanol–water partition coefficient (Wildman–Crippen LogP) is 2.85. The van der Waals surface area contributed by atoms with E-state index in [2.05, 4.69) is 10.6 Å². The molecule has 2 atom stereocenters. The molecule has 1 saturated heterocycles.